The molecule has 2 N–H and O–H groups in total. The summed E-state index contributed by atoms with van der Waals surface area (Å²) in [5, 5.41) is 15.3. The maximum Gasteiger partial charge on any atom is 0.233 e. The zero-order valence-corrected chi connectivity index (χ0v) is 14.0. The van der Waals surface area contributed by atoms with Crippen molar-refractivity contribution in [1.29, 1.82) is 0 Å². The van der Waals surface area contributed by atoms with E-state index in [4.69, 9.17) is 0 Å². The molecule has 0 saturated heterocycles. The molecule has 20 heavy (non-hydrogen) atoms. The van der Waals surface area contributed by atoms with Crippen LogP contribution in [-0.2, 0) is 4.79 Å². The minimum Gasteiger partial charge on any atom is -0.357 e. The van der Waals surface area contributed by atoms with Crippen molar-refractivity contribution >= 4 is 34.1 Å². The van der Waals surface area contributed by atoms with E-state index in [0.717, 1.165) is 15.9 Å². The van der Waals surface area contributed by atoms with Crippen molar-refractivity contribution in [2.24, 2.45) is 0 Å². The van der Waals surface area contributed by atoms with Crippen LogP contribution in [-0.4, -0.2) is 32.9 Å². The minimum atomic E-state index is -0.164. The summed E-state index contributed by atoms with van der Waals surface area (Å²) in [5.41, 5.74) is -0.161. The molecule has 5 nitrogen and oxygen atoms in total. The third kappa shape index (κ3) is 4.63. The number of nitrogens with one attached hydrogen (secondary N) is 2. The lowest BCUT2D eigenvalue weighted by atomic mass is 10.0. The lowest BCUT2D eigenvalue weighted by Gasteiger charge is -2.26. The number of aromatic nitrogens is 2. The van der Waals surface area contributed by atoms with Crippen molar-refractivity contribution in [3.05, 3.63) is 0 Å². The third-order valence-corrected chi connectivity index (χ3v) is 5.34. The Morgan fingerprint density at radius 2 is 2.20 bits per heavy atom. The Morgan fingerprint density at radius 1 is 1.50 bits per heavy atom. The fourth-order valence-corrected chi connectivity index (χ4v) is 3.42. The van der Waals surface area contributed by atoms with E-state index in [1.54, 1.807) is 0 Å². The molecule has 2 rings (SSSR count). The lowest BCUT2D eigenvalue weighted by molar-refractivity contribution is -0.121. The van der Waals surface area contributed by atoms with Crippen LogP contribution in [0.3, 0.4) is 0 Å². The average Bonchev–Trinajstić information content (AvgIpc) is 3.08. The van der Waals surface area contributed by atoms with Gasteiger partial charge in [-0.05, 0) is 40.0 Å². The van der Waals surface area contributed by atoms with Gasteiger partial charge < -0.3 is 10.6 Å². The quantitative estimate of drug-likeness (QED) is 0.758. The highest BCUT2D eigenvalue weighted by molar-refractivity contribution is 8.02. The van der Waals surface area contributed by atoms with Gasteiger partial charge in [-0.1, -0.05) is 30.0 Å². The van der Waals surface area contributed by atoms with Gasteiger partial charge in [0.1, 0.15) is 0 Å². The van der Waals surface area contributed by atoms with Gasteiger partial charge in [0.05, 0.1) is 5.25 Å². The molecule has 1 aliphatic rings. The molecule has 1 aliphatic carbocycles. The molecule has 1 heterocycles. The molecule has 0 aliphatic heterocycles. The largest absolute Gasteiger partial charge is 0.357 e. The number of hydrogen-bond acceptors (Lipinski definition) is 6. The number of carbonyl (C=O) groups is 1. The van der Waals surface area contributed by atoms with Crippen LogP contribution < -0.4 is 10.6 Å². The van der Waals surface area contributed by atoms with Gasteiger partial charge in [-0.15, -0.1) is 10.2 Å². The van der Waals surface area contributed by atoms with E-state index in [0.29, 0.717) is 6.04 Å². The molecule has 1 amide bonds. The highest BCUT2D eigenvalue weighted by Crippen LogP contribution is 2.32. The van der Waals surface area contributed by atoms with Gasteiger partial charge in [-0.3, -0.25) is 4.79 Å². The highest BCUT2D eigenvalue weighted by Gasteiger charge is 2.25. The summed E-state index contributed by atoms with van der Waals surface area (Å²) in [6.07, 6.45) is 3.34. The Kier molecular flexibility index (Phi) is 4.90. The van der Waals surface area contributed by atoms with Crippen LogP contribution in [0.25, 0.3) is 0 Å². The summed E-state index contributed by atoms with van der Waals surface area (Å²) < 4.78 is 0.838. The molecule has 1 atom stereocenters. The van der Waals surface area contributed by atoms with E-state index in [-0.39, 0.29) is 16.7 Å². The fourth-order valence-electron chi connectivity index (χ4n) is 1.45. The summed E-state index contributed by atoms with van der Waals surface area (Å²) >= 11 is 2.98. The maximum atomic E-state index is 12.1. The number of carbonyl (C=O) groups excluding carboxylic acids is 1. The number of rotatable bonds is 7. The van der Waals surface area contributed by atoms with E-state index in [1.165, 1.54) is 35.9 Å². The van der Waals surface area contributed by atoms with E-state index < -0.39 is 0 Å². The van der Waals surface area contributed by atoms with Crippen LogP contribution in [0.4, 0.5) is 5.13 Å². The SMILES string of the molecule is CCC(C)(C)NC(=O)C(C)Sc1nnc(NC2CC2)s1. The van der Waals surface area contributed by atoms with Gasteiger partial charge in [0.15, 0.2) is 4.34 Å². The van der Waals surface area contributed by atoms with Crippen LogP contribution in [0.2, 0.25) is 0 Å². The number of thioether (sulfide) groups is 1. The Bertz CT molecular complexity index is 471. The van der Waals surface area contributed by atoms with Crippen molar-refractivity contribution in [2.45, 2.75) is 68.1 Å². The van der Waals surface area contributed by atoms with E-state index in [9.17, 15) is 4.79 Å². The molecule has 1 aromatic heterocycles. The van der Waals surface area contributed by atoms with Crippen LogP contribution in [0, 0.1) is 0 Å². The molecule has 1 unspecified atom stereocenters. The fraction of sp³-hybridized carbons (Fsp3) is 0.769. The van der Waals surface area contributed by atoms with Gasteiger partial charge >= 0.3 is 0 Å². The van der Waals surface area contributed by atoms with Crippen LogP contribution >= 0.6 is 23.1 Å². The van der Waals surface area contributed by atoms with Gasteiger partial charge in [-0.25, -0.2) is 0 Å². The summed E-state index contributed by atoms with van der Waals surface area (Å²) in [5.74, 6) is 0.0498. The molecule has 0 bridgehead atoms. The summed E-state index contributed by atoms with van der Waals surface area (Å²) in [7, 11) is 0. The molecule has 7 heteroatoms. The smallest absolute Gasteiger partial charge is 0.233 e. The van der Waals surface area contributed by atoms with Crippen molar-refractivity contribution in [3.63, 3.8) is 0 Å². The Labute approximate surface area is 128 Å². The Balaban J connectivity index is 1.84. The lowest BCUT2D eigenvalue weighted by Crippen LogP contribution is -2.46. The van der Waals surface area contributed by atoms with Crippen LogP contribution in [0.5, 0.6) is 0 Å². The monoisotopic (exact) mass is 314 g/mol. The molecule has 0 aromatic carbocycles. The molecule has 1 saturated carbocycles. The summed E-state index contributed by atoms with van der Waals surface area (Å²) in [6, 6.07) is 0.576. The first kappa shape index (κ1) is 15.6. The molecule has 1 aromatic rings. The van der Waals surface area contributed by atoms with Gasteiger partial charge in [0.2, 0.25) is 11.0 Å². The van der Waals surface area contributed by atoms with Gasteiger partial charge in [0.25, 0.3) is 0 Å². The summed E-state index contributed by atoms with van der Waals surface area (Å²) in [4.78, 5) is 12.1. The number of amides is 1. The van der Waals surface area contributed by atoms with Crippen LogP contribution in [0.1, 0.15) is 47.0 Å². The normalized spacial score (nSPS) is 16.8. The molecular weight excluding hydrogens is 292 g/mol. The van der Waals surface area contributed by atoms with Crippen molar-refractivity contribution in [3.8, 4) is 0 Å². The van der Waals surface area contributed by atoms with Gasteiger partial charge in [0, 0.05) is 11.6 Å². The first-order chi connectivity index (χ1) is 9.39. The highest BCUT2D eigenvalue weighted by atomic mass is 32.2. The second kappa shape index (κ2) is 6.30. The first-order valence-corrected chi connectivity index (χ1v) is 8.68. The van der Waals surface area contributed by atoms with E-state index >= 15 is 0 Å². The van der Waals surface area contributed by atoms with Crippen LogP contribution in [0.15, 0.2) is 4.34 Å². The second-order valence-corrected chi connectivity index (χ2v) is 8.34. The average molecular weight is 314 g/mol. The predicted octanol–water partition coefficient (Wildman–Crippen LogP) is 2.90. The maximum absolute atomic E-state index is 12.1. The standard InChI is InChI=1S/C13H22N4OS2/c1-5-13(3,4)15-10(18)8(2)19-12-17-16-11(20-12)14-9-6-7-9/h8-9H,5-7H2,1-4H3,(H,14,16)(H,15,18). The molecule has 1 fully saturated rings. The Hall–Kier alpha value is -0.820. The second-order valence-electron chi connectivity index (χ2n) is 5.78. The van der Waals surface area contributed by atoms with Crippen molar-refractivity contribution in [2.75, 3.05) is 5.32 Å². The molecule has 0 spiro atoms. The number of anilines is 1. The zero-order chi connectivity index (χ0) is 14.8. The molecular formula is C13H22N4OS2. The Morgan fingerprint density at radius 3 is 2.80 bits per heavy atom. The first-order valence-electron chi connectivity index (χ1n) is 6.98. The van der Waals surface area contributed by atoms with Gasteiger partial charge in [-0.2, -0.15) is 0 Å². The predicted molar refractivity (Wildman–Crippen MR) is 84.4 cm³/mol. The van der Waals surface area contributed by atoms with Crippen molar-refractivity contribution < 1.29 is 4.79 Å². The van der Waals surface area contributed by atoms with Crippen molar-refractivity contribution in [1.82, 2.24) is 15.5 Å². The third-order valence-electron chi connectivity index (χ3n) is 3.30. The molecule has 0 radical (unpaired) electrons. The minimum absolute atomic E-state index is 0.0498. The zero-order valence-electron chi connectivity index (χ0n) is 12.4. The molecule has 112 valence electrons. The number of hydrogen-bond donors (Lipinski definition) is 2. The number of nitrogens with zero attached hydrogens (tertiary/aromatic N) is 2. The summed E-state index contributed by atoms with van der Waals surface area (Å²) in [6.45, 7) is 8.04. The van der Waals surface area contributed by atoms with E-state index in [2.05, 4.69) is 27.8 Å². The van der Waals surface area contributed by atoms with E-state index in [1.807, 2.05) is 20.8 Å². The topological polar surface area (TPSA) is 66.9 Å².